The van der Waals surface area contributed by atoms with Crippen molar-refractivity contribution >= 4 is 5.91 Å². The van der Waals surface area contributed by atoms with Crippen LogP contribution in [0.15, 0.2) is 12.4 Å². The molecule has 1 aromatic heterocycles. The Kier molecular flexibility index (Phi) is 5.12. The van der Waals surface area contributed by atoms with E-state index < -0.39 is 0 Å². The van der Waals surface area contributed by atoms with Gasteiger partial charge in [-0.3, -0.25) is 4.79 Å². The van der Waals surface area contributed by atoms with E-state index in [0.29, 0.717) is 5.92 Å². The molecule has 0 saturated carbocycles. The first kappa shape index (κ1) is 17.9. The highest BCUT2D eigenvalue weighted by molar-refractivity contribution is 5.81. The first-order valence-corrected chi connectivity index (χ1v) is 8.68. The van der Waals surface area contributed by atoms with Gasteiger partial charge in [0.2, 0.25) is 5.91 Å². The van der Waals surface area contributed by atoms with E-state index in [-0.39, 0.29) is 16.7 Å². The fourth-order valence-corrected chi connectivity index (χ4v) is 3.03. The first-order valence-electron chi connectivity index (χ1n) is 8.68. The van der Waals surface area contributed by atoms with Crippen LogP contribution in [0.25, 0.3) is 0 Å². The number of likely N-dealkylation sites (tertiary alicyclic amines) is 1. The molecule has 0 bridgehead atoms. The fourth-order valence-electron chi connectivity index (χ4n) is 3.03. The lowest BCUT2D eigenvalue weighted by Gasteiger charge is -2.35. The molecule has 0 aromatic carbocycles. The molecule has 4 nitrogen and oxygen atoms in total. The number of nitrogens with zero attached hydrogens (tertiary/aromatic N) is 3. The smallest absolute Gasteiger partial charge is 0.227 e. The Balaban J connectivity index is 1.94. The van der Waals surface area contributed by atoms with Gasteiger partial charge in [-0.25, -0.2) is 9.97 Å². The number of carbonyl (C=O) groups excluding carboxylic acids is 1. The number of piperidine rings is 1. The maximum Gasteiger partial charge on any atom is 0.227 e. The lowest BCUT2D eigenvalue weighted by molar-refractivity contribution is -0.140. The Morgan fingerprint density at radius 2 is 1.74 bits per heavy atom. The second-order valence-electron chi connectivity index (χ2n) is 8.83. The van der Waals surface area contributed by atoms with Crippen molar-refractivity contribution in [2.24, 2.45) is 11.3 Å². The predicted molar refractivity (Wildman–Crippen MR) is 93.2 cm³/mol. The number of amides is 1. The standard InChI is InChI=1S/C19H31N3O/c1-18(2,3)16-12-15(20-13-21-16)11-14-7-9-22(10-8-14)17(23)19(4,5)6/h12-14H,7-11H2,1-6H3. The Bertz CT molecular complexity index is 546. The van der Waals surface area contributed by atoms with Crippen LogP contribution in [0.3, 0.4) is 0 Å². The predicted octanol–water partition coefficient (Wildman–Crippen LogP) is 3.60. The SMILES string of the molecule is CC(C)(C)C(=O)N1CCC(Cc2cc(C(C)(C)C)ncn2)CC1. The number of hydrogen-bond acceptors (Lipinski definition) is 3. The van der Waals surface area contributed by atoms with Crippen LogP contribution in [0.2, 0.25) is 0 Å². The molecule has 1 aromatic rings. The van der Waals surface area contributed by atoms with E-state index in [1.54, 1.807) is 6.33 Å². The minimum Gasteiger partial charge on any atom is -0.342 e. The molecule has 1 fully saturated rings. The van der Waals surface area contributed by atoms with E-state index in [2.05, 4.69) is 36.8 Å². The van der Waals surface area contributed by atoms with Gasteiger partial charge < -0.3 is 4.90 Å². The Morgan fingerprint density at radius 3 is 2.26 bits per heavy atom. The van der Waals surface area contributed by atoms with Crippen LogP contribution >= 0.6 is 0 Å². The zero-order chi connectivity index (χ0) is 17.3. The van der Waals surface area contributed by atoms with Crippen LogP contribution in [-0.2, 0) is 16.6 Å². The van der Waals surface area contributed by atoms with Gasteiger partial charge in [0.1, 0.15) is 6.33 Å². The minimum absolute atomic E-state index is 0.0557. The molecule has 4 heteroatoms. The van der Waals surface area contributed by atoms with E-state index in [9.17, 15) is 4.79 Å². The highest BCUT2D eigenvalue weighted by Crippen LogP contribution is 2.26. The van der Waals surface area contributed by atoms with Gasteiger partial charge in [0, 0.05) is 35.3 Å². The molecule has 0 N–H and O–H groups in total. The van der Waals surface area contributed by atoms with Crippen LogP contribution in [0, 0.1) is 11.3 Å². The summed E-state index contributed by atoms with van der Waals surface area (Å²) in [5, 5.41) is 0. The molecule has 128 valence electrons. The van der Waals surface area contributed by atoms with Crippen molar-refractivity contribution in [3.05, 3.63) is 23.8 Å². The van der Waals surface area contributed by atoms with Gasteiger partial charge in [0.25, 0.3) is 0 Å². The third-order valence-corrected chi connectivity index (χ3v) is 4.53. The van der Waals surface area contributed by atoms with Crippen molar-refractivity contribution in [2.75, 3.05) is 13.1 Å². The lowest BCUT2D eigenvalue weighted by Crippen LogP contribution is -2.44. The fraction of sp³-hybridized carbons (Fsp3) is 0.737. The molecule has 1 aliphatic rings. The second kappa shape index (κ2) is 6.58. The first-order chi connectivity index (χ1) is 10.6. The summed E-state index contributed by atoms with van der Waals surface area (Å²) in [6.45, 7) is 14.3. The van der Waals surface area contributed by atoms with Gasteiger partial charge in [-0.05, 0) is 31.2 Å². The number of aromatic nitrogens is 2. The zero-order valence-corrected chi connectivity index (χ0v) is 15.5. The molecule has 1 aliphatic heterocycles. The summed E-state index contributed by atoms with van der Waals surface area (Å²) in [7, 11) is 0. The zero-order valence-electron chi connectivity index (χ0n) is 15.5. The molecule has 2 rings (SSSR count). The summed E-state index contributed by atoms with van der Waals surface area (Å²) in [5.74, 6) is 0.884. The molecule has 0 atom stereocenters. The maximum absolute atomic E-state index is 12.3. The summed E-state index contributed by atoms with van der Waals surface area (Å²) < 4.78 is 0. The van der Waals surface area contributed by atoms with Crippen molar-refractivity contribution in [1.29, 1.82) is 0 Å². The van der Waals surface area contributed by atoms with Gasteiger partial charge >= 0.3 is 0 Å². The maximum atomic E-state index is 12.3. The molecular weight excluding hydrogens is 286 g/mol. The van der Waals surface area contributed by atoms with Gasteiger partial charge in [-0.1, -0.05) is 41.5 Å². The highest BCUT2D eigenvalue weighted by Gasteiger charge is 2.30. The third-order valence-electron chi connectivity index (χ3n) is 4.53. The molecular formula is C19H31N3O. The van der Waals surface area contributed by atoms with Crippen LogP contribution in [-0.4, -0.2) is 33.9 Å². The molecule has 1 saturated heterocycles. The number of hydrogen-bond donors (Lipinski definition) is 0. The minimum atomic E-state index is -0.277. The molecule has 23 heavy (non-hydrogen) atoms. The third kappa shape index (κ3) is 4.76. The summed E-state index contributed by atoms with van der Waals surface area (Å²) >= 11 is 0. The van der Waals surface area contributed by atoms with Gasteiger partial charge in [0.15, 0.2) is 0 Å². The summed E-state index contributed by atoms with van der Waals surface area (Å²) in [6.07, 6.45) is 4.81. The molecule has 0 radical (unpaired) electrons. The highest BCUT2D eigenvalue weighted by atomic mass is 16.2. The average molecular weight is 317 g/mol. The van der Waals surface area contributed by atoms with Crippen molar-refractivity contribution in [2.45, 2.75) is 66.2 Å². The van der Waals surface area contributed by atoms with Crippen LogP contribution in [0.4, 0.5) is 0 Å². The van der Waals surface area contributed by atoms with Crippen LogP contribution < -0.4 is 0 Å². The summed E-state index contributed by atoms with van der Waals surface area (Å²) in [5.41, 5.74) is 2.01. The largest absolute Gasteiger partial charge is 0.342 e. The van der Waals surface area contributed by atoms with Crippen molar-refractivity contribution < 1.29 is 4.79 Å². The van der Waals surface area contributed by atoms with Crippen LogP contribution in [0.1, 0.15) is 65.8 Å². The van der Waals surface area contributed by atoms with Gasteiger partial charge in [-0.2, -0.15) is 0 Å². The normalized spacial score (nSPS) is 17.4. The number of rotatable bonds is 2. The number of carbonyl (C=O) groups is 1. The monoisotopic (exact) mass is 317 g/mol. The molecule has 0 unspecified atom stereocenters. The second-order valence-corrected chi connectivity index (χ2v) is 8.83. The van der Waals surface area contributed by atoms with Crippen molar-refractivity contribution in [3.8, 4) is 0 Å². The Labute approximate surface area is 140 Å². The molecule has 1 amide bonds. The molecule has 2 heterocycles. The lowest BCUT2D eigenvalue weighted by atomic mass is 9.87. The van der Waals surface area contributed by atoms with Crippen molar-refractivity contribution in [1.82, 2.24) is 14.9 Å². The quantitative estimate of drug-likeness (QED) is 0.837. The summed E-state index contributed by atoms with van der Waals surface area (Å²) in [4.78, 5) is 23.2. The average Bonchev–Trinajstić information content (AvgIpc) is 2.46. The van der Waals surface area contributed by atoms with E-state index >= 15 is 0 Å². The van der Waals surface area contributed by atoms with Crippen molar-refractivity contribution in [3.63, 3.8) is 0 Å². The van der Waals surface area contributed by atoms with E-state index in [4.69, 9.17) is 0 Å². The van der Waals surface area contributed by atoms with E-state index in [1.807, 2.05) is 25.7 Å². The molecule has 0 aliphatic carbocycles. The summed E-state index contributed by atoms with van der Waals surface area (Å²) in [6, 6.07) is 2.15. The van der Waals surface area contributed by atoms with Gasteiger partial charge in [-0.15, -0.1) is 0 Å². The van der Waals surface area contributed by atoms with Crippen LogP contribution in [0.5, 0.6) is 0 Å². The van der Waals surface area contributed by atoms with Gasteiger partial charge in [0.05, 0.1) is 0 Å². The Hall–Kier alpha value is -1.45. The molecule has 0 spiro atoms. The van der Waals surface area contributed by atoms with E-state index in [1.165, 1.54) is 0 Å². The van der Waals surface area contributed by atoms with E-state index in [0.717, 1.165) is 43.7 Å². The topological polar surface area (TPSA) is 46.1 Å². The Morgan fingerprint density at radius 1 is 1.13 bits per heavy atom.